The molecule has 2 aromatic rings. The van der Waals surface area contributed by atoms with E-state index in [1.54, 1.807) is 37.4 Å². The number of carbonyl (C=O) groups excluding carboxylic acids is 1. The highest BCUT2D eigenvalue weighted by Gasteiger charge is 2.18. The van der Waals surface area contributed by atoms with Gasteiger partial charge < -0.3 is 25.4 Å². The smallest absolute Gasteiger partial charge is 0.254 e. The zero-order valence-electron chi connectivity index (χ0n) is 13.6. The van der Waals surface area contributed by atoms with Crippen LogP contribution in [0.4, 0.5) is 5.69 Å². The highest BCUT2D eigenvalue weighted by atomic mass is 16.5. The number of hydrogen-bond acceptors (Lipinski definition) is 5. The standard InChI is InChI=1S/C18H21N3O3/c1-23-14-3-5-15(6-4-14)24-17-7-2-13(12-16(17)19)18(22)21-10-8-20-9-11-21/h2-7,12,20H,8-11,19H2,1H3. The minimum absolute atomic E-state index is 0.000743. The lowest BCUT2D eigenvalue weighted by molar-refractivity contribution is 0.0736. The molecule has 0 aliphatic carbocycles. The third-order valence-electron chi connectivity index (χ3n) is 3.95. The van der Waals surface area contributed by atoms with Gasteiger partial charge in [0.2, 0.25) is 0 Å². The summed E-state index contributed by atoms with van der Waals surface area (Å²) in [5, 5.41) is 3.23. The predicted molar refractivity (Wildman–Crippen MR) is 92.7 cm³/mol. The molecule has 0 unspecified atom stereocenters. The van der Waals surface area contributed by atoms with Gasteiger partial charge in [0.25, 0.3) is 5.91 Å². The van der Waals surface area contributed by atoms with Crippen LogP contribution in [-0.4, -0.2) is 44.1 Å². The van der Waals surface area contributed by atoms with E-state index in [1.165, 1.54) is 0 Å². The molecule has 24 heavy (non-hydrogen) atoms. The molecule has 0 saturated carbocycles. The van der Waals surface area contributed by atoms with Gasteiger partial charge in [0.05, 0.1) is 12.8 Å². The minimum Gasteiger partial charge on any atom is -0.497 e. The number of nitrogen functional groups attached to an aromatic ring is 1. The average molecular weight is 327 g/mol. The molecule has 6 nitrogen and oxygen atoms in total. The van der Waals surface area contributed by atoms with Crippen molar-refractivity contribution in [3.63, 3.8) is 0 Å². The maximum Gasteiger partial charge on any atom is 0.254 e. The third-order valence-corrected chi connectivity index (χ3v) is 3.95. The molecule has 1 aliphatic rings. The van der Waals surface area contributed by atoms with Gasteiger partial charge in [-0.2, -0.15) is 0 Å². The van der Waals surface area contributed by atoms with Gasteiger partial charge in [0, 0.05) is 31.7 Å². The Morgan fingerprint density at radius 1 is 1.08 bits per heavy atom. The van der Waals surface area contributed by atoms with Crippen molar-refractivity contribution in [3.8, 4) is 17.2 Å². The second-order valence-corrected chi connectivity index (χ2v) is 5.57. The second-order valence-electron chi connectivity index (χ2n) is 5.57. The fourth-order valence-corrected chi connectivity index (χ4v) is 2.60. The summed E-state index contributed by atoms with van der Waals surface area (Å²) in [7, 11) is 1.61. The van der Waals surface area contributed by atoms with Gasteiger partial charge in [0.1, 0.15) is 17.2 Å². The summed E-state index contributed by atoms with van der Waals surface area (Å²) in [6.45, 7) is 3.06. The number of nitrogens with one attached hydrogen (secondary N) is 1. The van der Waals surface area contributed by atoms with Crippen LogP contribution in [0.15, 0.2) is 42.5 Å². The number of ether oxygens (including phenoxy) is 2. The number of methoxy groups -OCH3 is 1. The first kappa shape index (κ1) is 16.1. The van der Waals surface area contributed by atoms with Gasteiger partial charge >= 0.3 is 0 Å². The van der Waals surface area contributed by atoms with E-state index in [0.29, 0.717) is 35.8 Å². The van der Waals surface area contributed by atoms with E-state index in [4.69, 9.17) is 15.2 Å². The summed E-state index contributed by atoms with van der Waals surface area (Å²) in [5.41, 5.74) is 7.08. The first-order valence-electron chi connectivity index (χ1n) is 7.89. The van der Waals surface area contributed by atoms with Crippen LogP contribution in [0.3, 0.4) is 0 Å². The van der Waals surface area contributed by atoms with Crippen LogP contribution in [0.25, 0.3) is 0 Å². The summed E-state index contributed by atoms with van der Waals surface area (Å²) in [4.78, 5) is 14.3. The molecule has 6 heteroatoms. The molecule has 1 amide bonds. The van der Waals surface area contributed by atoms with Gasteiger partial charge in [0.15, 0.2) is 0 Å². The Morgan fingerprint density at radius 3 is 2.38 bits per heavy atom. The molecule has 0 atom stereocenters. The van der Waals surface area contributed by atoms with Gasteiger partial charge in [-0.05, 0) is 42.5 Å². The number of anilines is 1. The second kappa shape index (κ2) is 7.23. The molecule has 0 bridgehead atoms. The van der Waals surface area contributed by atoms with E-state index in [2.05, 4.69) is 5.32 Å². The molecule has 3 rings (SSSR count). The topological polar surface area (TPSA) is 76.8 Å². The summed E-state index contributed by atoms with van der Waals surface area (Å²) in [6.07, 6.45) is 0. The first-order valence-corrected chi connectivity index (χ1v) is 7.89. The van der Waals surface area contributed by atoms with E-state index in [1.807, 2.05) is 17.0 Å². The van der Waals surface area contributed by atoms with Crippen molar-refractivity contribution in [1.82, 2.24) is 10.2 Å². The van der Waals surface area contributed by atoms with Gasteiger partial charge in [-0.15, -0.1) is 0 Å². The maximum absolute atomic E-state index is 12.5. The predicted octanol–water partition coefficient (Wildman–Crippen LogP) is 2.12. The quantitative estimate of drug-likeness (QED) is 0.841. The fraction of sp³-hybridized carbons (Fsp3) is 0.278. The van der Waals surface area contributed by atoms with E-state index >= 15 is 0 Å². The number of nitrogens with zero attached hydrogens (tertiary/aromatic N) is 1. The molecule has 1 saturated heterocycles. The lowest BCUT2D eigenvalue weighted by atomic mass is 10.1. The van der Waals surface area contributed by atoms with Crippen LogP contribution in [0.2, 0.25) is 0 Å². The molecule has 126 valence electrons. The minimum atomic E-state index is -0.000743. The van der Waals surface area contributed by atoms with Crippen molar-refractivity contribution in [2.75, 3.05) is 39.0 Å². The Hall–Kier alpha value is -2.73. The van der Waals surface area contributed by atoms with Crippen LogP contribution in [0, 0.1) is 0 Å². The Morgan fingerprint density at radius 2 is 1.75 bits per heavy atom. The summed E-state index contributed by atoms with van der Waals surface area (Å²) in [5.74, 6) is 1.94. The summed E-state index contributed by atoms with van der Waals surface area (Å²) in [6, 6.07) is 12.4. The van der Waals surface area contributed by atoms with Gasteiger partial charge in [-0.1, -0.05) is 0 Å². The highest BCUT2D eigenvalue weighted by molar-refractivity contribution is 5.95. The van der Waals surface area contributed by atoms with Crippen LogP contribution < -0.4 is 20.5 Å². The molecule has 3 N–H and O–H groups in total. The molecule has 0 aromatic heterocycles. The molecular formula is C18H21N3O3. The number of nitrogens with two attached hydrogens (primary N) is 1. The highest BCUT2D eigenvalue weighted by Crippen LogP contribution is 2.29. The van der Waals surface area contributed by atoms with E-state index in [-0.39, 0.29) is 5.91 Å². The average Bonchev–Trinajstić information content (AvgIpc) is 2.64. The number of piperazine rings is 1. The number of rotatable bonds is 4. The Bertz CT molecular complexity index is 710. The Labute approximate surface area is 141 Å². The molecule has 0 spiro atoms. The summed E-state index contributed by atoms with van der Waals surface area (Å²) >= 11 is 0. The van der Waals surface area contributed by atoms with Crippen molar-refractivity contribution in [1.29, 1.82) is 0 Å². The van der Waals surface area contributed by atoms with E-state index < -0.39 is 0 Å². The monoisotopic (exact) mass is 327 g/mol. The van der Waals surface area contributed by atoms with Crippen LogP contribution in [0.1, 0.15) is 10.4 Å². The third kappa shape index (κ3) is 3.60. The lowest BCUT2D eigenvalue weighted by Crippen LogP contribution is -2.46. The van der Waals surface area contributed by atoms with Gasteiger partial charge in [-0.25, -0.2) is 0 Å². The fourth-order valence-electron chi connectivity index (χ4n) is 2.60. The van der Waals surface area contributed by atoms with E-state index in [0.717, 1.165) is 18.8 Å². The molecular weight excluding hydrogens is 306 g/mol. The number of amides is 1. The largest absolute Gasteiger partial charge is 0.497 e. The van der Waals surface area contributed by atoms with Crippen molar-refractivity contribution in [2.45, 2.75) is 0 Å². The van der Waals surface area contributed by atoms with Gasteiger partial charge in [-0.3, -0.25) is 4.79 Å². The normalized spacial score (nSPS) is 14.3. The van der Waals surface area contributed by atoms with Crippen LogP contribution in [-0.2, 0) is 0 Å². The number of hydrogen-bond donors (Lipinski definition) is 2. The zero-order chi connectivity index (χ0) is 16.9. The first-order chi connectivity index (χ1) is 11.7. The Balaban J connectivity index is 1.72. The molecule has 2 aromatic carbocycles. The number of carbonyl (C=O) groups is 1. The SMILES string of the molecule is COc1ccc(Oc2ccc(C(=O)N3CCNCC3)cc2N)cc1. The van der Waals surface area contributed by atoms with Crippen molar-refractivity contribution < 1.29 is 14.3 Å². The lowest BCUT2D eigenvalue weighted by Gasteiger charge is -2.27. The van der Waals surface area contributed by atoms with Crippen LogP contribution in [0.5, 0.6) is 17.2 Å². The maximum atomic E-state index is 12.5. The Kier molecular flexibility index (Phi) is 4.86. The van der Waals surface area contributed by atoms with Crippen molar-refractivity contribution >= 4 is 11.6 Å². The van der Waals surface area contributed by atoms with E-state index in [9.17, 15) is 4.79 Å². The molecule has 1 heterocycles. The molecule has 0 radical (unpaired) electrons. The summed E-state index contributed by atoms with van der Waals surface area (Å²) < 4.78 is 10.9. The molecule has 1 fully saturated rings. The zero-order valence-corrected chi connectivity index (χ0v) is 13.6. The van der Waals surface area contributed by atoms with Crippen molar-refractivity contribution in [3.05, 3.63) is 48.0 Å². The van der Waals surface area contributed by atoms with Crippen LogP contribution >= 0.6 is 0 Å². The van der Waals surface area contributed by atoms with Crippen molar-refractivity contribution in [2.24, 2.45) is 0 Å². The number of benzene rings is 2. The molecule has 1 aliphatic heterocycles.